The lowest BCUT2D eigenvalue weighted by molar-refractivity contribution is -0.177. The van der Waals surface area contributed by atoms with Crippen molar-refractivity contribution in [1.82, 2.24) is 4.90 Å². The zero-order valence-electron chi connectivity index (χ0n) is 8.07. The molecule has 86 valence electrons. The second kappa shape index (κ2) is 4.13. The number of amides is 1. The Balaban J connectivity index is 2.96. The topological polar surface area (TPSA) is 118 Å². The fourth-order valence-corrected chi connectivity index (χ4v) is 1.63. The average Bonchev–Trinajstić information content (AvgIpc) is 2.12. The molecule has 7 heteroatoms. The van der Waals surface area contributed by atoms with Crippen LogP contribution in [0, 0.1) is 0 Å². The third kappa shape index (κ3) is 2.09. The second-order valence-electron chi connectivity index (χ2n) is 3.50. The molecule has 0 aromatic heterocycles. The zero-order valence-corrected chi connectivity index (χ0v) is 8.07. The van der Waals surface area contributed by atoms with Gasteiger partial charge in [-0.05, 0) is 0 Å². The maximum absolute atomic E-state index is 11.1. The van der Waals surface area contributed by atoms with E-state index in [1.54, 1.807) is 0 Å². The summed E-state index contributed by atoms with van der Waals surface area (Å²) >= 11 is 0. The van der Waals surface area contributed by atoms with Crippen molar-refractivity contribution in [3.8, 4) is 0 Å². The summed E-state index contributed by atoms with van der Waals surface area (Å²) in [5, 5.41) is 36.7. The van der Waals surface area contributed by atoms with E-state index in [-0.39, 0.29) is 6.54 Å². The molecule has 4 N–H and O–H groups in total. The van der Waals surface area contributed by atoms with Gasteiger partial charge in [-0.25, -0.2) is 4.79 Å². The number of piperidine rings is 1. The number of hydrogen-bond acceptors (Lipinski definition) is 5. The Morgan fingerprint density at radius 2 is 1.73 bits per heavy atom. The Morgan fingerprint density at radius 3 is 2.13 bits per heavy atom. The van der Waals surface area contributed by atoms with Crippen molar-refractivity contribution in [2.45, 2.75) is 31.3 Å². The van der Waals surface area contributed by atoms with Crippen LogP contribution < -0.4 is 0 Å². The first-order valence-corrected chi connectivity index (χ1v) is 4.40. The van der Waals surface area contributed by atoms with Gasteiger partial charge in [0.05, 0.1) is 6.54 Å². The molecule has 0 spiro atoms. The number of carboxylic acid groups (broad SMARTS) is 1. The Kier molecular flexibility index (Phi) is 3.28. The lowest BCUT2D eigenvalue weighted by atomic mass is 9.94. The molecule has 1 aliphatic heterocycles. The third-order valence-electron chi connectivity index (χ3n) is 2.44. The van der Waals surface area contributed by atoms with Crippen molar-refractivity contribution >= 4 is 11.9 Å². The van der Waals surface area contributed by atoms with Gasteiger partial charge in [-0.2, -0.15) is 0 Å². The van der Waals surface area contributed by atoms with Gasteiger partial charge in [-0.15, -0.1) is 0 Å². The summed E-state index contributed by atoms with van der Waals surface area (Å²) in [7, 11) is 0. The standard InChI is InChI=1S/C8H13NO6/c1-3(10)9-2-4(11)6(12)7(13)5(9)8(14)15/h4-7,11-13H,2H2,1H3,(H,14,15)/t4-,5-,6+,7+/m0/s1. The van der Waals surface area contributed by atoms with E-state index < -0.39 is 36.2 Å². The number of carbonyl (C=O) groups excluding carboxylic acids is 1. The lowest BCUT2D eigenvalue weighted by Gasteiger charge is -2.41. The molecular weight excluding hydrogens is 206 g/mol. The molecule has 1 fully saturated rings. The van der Waals surface area contributed by atoms with E-state index in [4.69, 9.17) is 5.11 Å². The summed E-state index contributed by atoms with van der Waals surface area (Å²) < 4.78 is 0. The molecule has 1 aliphatic rings. The number of aliphatic carboxylic acids is 1. The summed E-state index contributed by atoms with van der Waals surface area (Å²) in [6.07, 6.45) is -4.57. The van der Waals surface area contributed by atoms with Gasteiger partial charge in [0.2, 0.25) is 5.91 Å². The first-order valence-electron chi connectivity index (χ1n) is 4.40. The van der Waals surface area contributed by atoms with Crippen LogP contribution in [-0.4, -0.2) is 68.1 Å². The Labute approximate surface area is 85.5 Å². The van der Waals surface area contributed by atoms with Crippen LogP contribution in [0.2, 0.25) is 0 Å². The average molecular weight is 219 g/mol. The summed E-state index contributed by atoms with van der Waals surface area (Å²) in [5.41, 5.74) is 0. The van der Waals surface area contributed by atoms with Gasteiger partial charge in [-0.3, -0.25) is 4.79 Å². The molecule has 1 amide bonds. The Hall–Kier alpha value is -1.18. The normalized spacial score (nSPS) is 36.4. The predicted octanol–water partition coefficient (Wildman–Crippen LogP) is -2.62. The SMILES string of the molecule is CC(=O)N1C[C@H](O)[C@@H](O)[C@H](O)[C@H]1C(=O)O. The number of aliphatic hydroxyl groups is 3. The van der Waals surface area contributed by atoms with Gasteiger partial charge in [0.1, 0.15) is 18.3 Å². The Morgan fingerprint density at radius 1 is 1.20 bits per heavy atom. The van der Waals surface area contributed by atoms with E-state index >= 15 is 0 Å². The summed E-state index contributed by atoms with van der Waals surface area (Å²) in [4.78, 5) is 22.7. The van der Waals surface area contributed by atoms with Crippen LogP contribution in [0.1, 0.15) is 6.92 Å². The maximum Gasteiger partial charge on any atom is 0.329 e. The quantitative estimate of drug-likeness (QED) is 0.383. The smallest absolute Gasteiger partial charge is 0.329 e. The molecule has 0 aromatic rings. The molecule has 4 atom stereocenters. The second-order valence-corrected chi connectivity index (χ2v) is 3.50. The van der Waals surface area contributed by atoms with Gasteiger partial charge in [0, 0.05) is 6.92 Å². The van der Waals surface area contributed by atoms with Crippen LogP contribution in [0.5, 0.6) is 0 Å². The highest BCUT2D eigenvalue weighted by Crippen LogP contribution is 2.19. The van der Waals surface area contributed by atoms with Crippen molar-refractivity contribution in [1.29, 1.82) is 0 Å². The summed E-state index contributed by atoms with van der Waals surface area (Å²) in [6, 6.07) is -1.51. The first-order chi connectivity index (χ1) is 6.86. The van der Waals surface area contributed by atoms with Crippen LogP contribution >= 0.6 is 0 Å². The van der Waals surface area contributed by atoms with E-state index in [0.29, 0.717) is 0 Å². The summed E-state index contributed by atoms with van der Waals surface area (Å²) in [5.74, 6) is -1.99. The van der Waals surface area contributed by atoms with Gasteiger partial charge >= 0.3 is 5.97 Å². The lowest BCUT2D eigenvalue weighted by Crippen LogP contribution is -2.64. The first kappa shape index (κ1) is 11.9. The van der Waals surface area contributed by atoms with Crippen LogP contribution in [0.25, 0.3) is 0 Å². The van der Waals surface area contributed by atoms with E-state index in [1.807, 2.05) is 0 Å². The van der Waals surface area contributed by atoms with Gasteiger partial charge < -0.3 is 25.3 Å². The van der Waals surface area contributed by atoms with Crippen molar-refractivity contribution in [2.24, 2.45) is 0 Å². The minimum atomic E-state index is -1.69. The van der Waals surface area contributed by atoms with Crippen LogP contribution in [0.3, 0.4) is 0 Å². The fourth-order valence-electron chi connectivity index (χ4n) is 1.63. The number of hydrogen-bond donors (Lipinski definition) is 4. The minimum Gasteiger partial charge on any atom is -0.480 e. The van der Waals surface area contributed by atoms with Crippen molar-refractivity contribution < 1.29 is 30.0 Å². The molecule has 1 rings (SSSR count). The van der Waals surface area contributed by atoms with E-state index in [0.717, 1.165) is 11.8 Å². The monoisotopic (exact) mass is 219 g/mol. The number of nitrogens with zero attached hydrogens (tertiary/aromatic N) is 1. The number of rotatable bonds is 1. The third-order valence-corrected chi connectivity index (χ3v) is 2.44. The number of β-amino-alcohol motifs (C(OH)–C–C–N with tert-alkyl or cyclic N) is 1. The highest BCUT2D eigenvalue weighted by atomic mass is 16.4. The van der Waals surface area contributed by atoms with Crippen molar-refractivity contribution in [3.63, 3.8) is 0 Å². The minimum absolute atomic E-state index is 0.301. The van der Waals surface area contributed by atoms with Gasteiger partial charge in [-0.1, -0.05) is 0 Å². The van der Waals surface area contributed by atoms with Gasteiger partial charge in [0.15, 0.2) is 6.04 Å². The van der Waals surface area contributed by atoms with E-state index in [9.17, 15) is 24.9 Å². The molecule has 1 saturated heterocycles. The highest BCUT2D eigenvalue weighted by Gasteiger charge is 2.46. The van der Waals surface area contributed by atoms with Crippen molar-refractivity contribution in [2.75, 3.05) is 6.54 Å². The number of carboxylic acids is 1. The molecule has 0 aliphatic carbocycles. The fraction of sp³-hybridized carbons (Fsp3) is 0.750. The highest BCUT2D eigenvalue weighted by molar-refractivity contribution is 5.83. The number of aliphatic hydroxyl groups excluding tert-OH is 3. The molecule has 15 heavy (non-hydrogen) atoms. The largest absolute Gasteiger partial charge is 0.480 e. The van der Waals surface area contributed by atoms with E-state index in [1.165, 1.54) is 0 Å². The molecule has 0 radical (unpaired) electrons. The Bertz CT molecular complexity index is 280. The molecule has 0 saturated carbocycles. The zero-order chi connectivity index (χ0) is 11.7. The predicted molar refractivity (Wildman–Crippen MR) is 46.8 cm³/mol. The van der Waals surface area contributed by atoms with Gasteiger partial charge in [0.25, 0.3) is 0 Å². The van der Waals surface area contributed by atoms with Crippen LogP contribution in [0.4, 0.5) is 0 Å². The summed E-state index contributed by atoms with van der Waals surface area (Å²) in [6.45, 7) is 0.831. The molecular formula is C8H13NO6. The molecule has 7 nitrogen and oxygen atoms in total. The van der Waals surface area contributed by atoms with Crippen molar-refractivity contribution in [3.05, 3.63) is 0 Å². The van der Waals surface area contributed by atoms with E-state index in [2.05, 4.69) is 0 Å². The molecule has 0 aromatic carbocycles. The maximum atomic E-state index is 11.1. The molecule has 0 bridgehead atoms. The molecule has 0 unspecified atom stereocenters. The number of likely N-dealkylation sites (tertiary alicyclic amines) is 1. The van der Waals surface area contributed by atoms with Crippen LogP contribution in [-0.2, 0) is 9.59 Å². The molecule has 1 heterocycles. The van der Waals surface area contributed by atoms with Crippen LogP contribution in [0.15, 0.2) is 0 Å². The number of carbonyl (C=O) groups is 2.